The van der Waals surface area contributed by atoms with Crippen molar-refractivity contribution < 1.29 is 0 Å². The lowest BCUT2D eigenvalue weighted by Gasteiger charge is -1.94. The van der Waals surface area contributed by atoms with E-state index in [4.69, 9.17) is 6.42 Å². The summed E-state index contributed by atoms with van der Waals surface area (Å²) >= 11 is 0. The van der Waals surface area contributed by atoms with Gasteiger partial charge in [-0.3, -0.25) is 0 Å². The van der Waals surface area contributed by atoms with Gasteiger partial charge < -0.3 is 5.32 Å². The Morgan fingerprint density at radius 2 is 2.38 bits per heavy atom. The third kappa shape index (κ3) is 5.52. The molecule has 0 unspecified atom stereocenters. The SMILES string of the molecule is C#CCNCCCC. The first-order valence-electron chi connectivity index (χ1n) is 3.06. The monoisotopic (exact) mass is 111 g/mol. The lowest BCUT2D eigenvalue weighted by molar-refractivity contribution is 0.687. The highest BCUT2D eigenvalue weighted by atomic mass is 14.8. The van der Waals surface area contributed by atoms with Crippen LogP contribution >= 0.6 is 0 Å². The fraction of sp³-hybridized carbons (Fsp3) is 0.714. The molecular formula is C7H13N. The van der Waals surface area contributed by atoms with E-state index >= 15 is 0 Å². The van der Waals surface area contributed by atoms with Crippen molar-refractivity contribution in [3.63, 3.8) is 0 Å². The molecule has 1 heteroatoms. The molecule has 0 aromatic rings. The third-order valence-corrected chi connectivity index (χ3v) is 0.934. The Morgan fingerprint density at radius 3 is 2.88 bits per heavy atom. The van der Waals surface area contributed by atoms with E-state index in [1.54, 1.807) is 0 Å². The van der Waals surface area contributed by atoms with Gasteiger partial charge in [0.1, 0.15) is 0 Å². The quantitative estimate of drug-likeness (QED) is 0.421. The molecule has 0 spiro atoms. The van der Waals surface area contributed by atoms with E-state index in [2.05, 4.69) is 18.2 Å². The molecule has 0 rings (SSSR count). The van der Waals surface area contributed by atoms with Gasteiger partial charge in [0, 0.05) is 0 Å². The average Bonchev–Trinajstić information content (AvgIpc) is 1.81. The molecular weight excluding hydrogens is 98.1 g/mol. The van der Waals surface area contributed by atoms with Crippen LogP contribution in [0.3, 0.4) is 0 Å². The van der Waals surface area contributed by atoms with Gasteiger partial charge in [0.2, 0.25) is 0 Å². The number of terminal acetylenes is 1. The van der Waals surface area contributed by atoms with Gasteiger partial charge in [-0.2, -0.15) is 0 Å². The van der Waals surface area contributed by atoms with Crippen molar-refractivity contribution in [3.05, 3.63) is 0 Å². The maximum Gasteiger partial charge on any atom is 0.0573 e. The zero-order valence-corrected chi connectivity index (χ0v) is 5.41. The zero-order valence-electron chi connectivity index (χ0n) is 5.41. The van der Waals surface area contributed by atoms with Crippen molar-refractivity contribution in [2.45, 2.75) is 19.8 Å². The van der Waals surface area contributed by atoms with Crippen molar-refractivity contribution in [1.29, 1.82) is 0 Å². The Kier molecular flexibility index (Phi) is 6.13. The van der Waals surface area contributed by atoms with E-state index in [0.717, 1.165) is 6.54 Å². The van der Waals surface area contributed by atoms with Gasteiger partial charge in [-0.25, -0.2) is 0 Å². The smallest absolute Gasteiger partial charge is 0.0573 e. The summed E-state index contributed by atoms with van der Waals surface area (Å²) in [6.45, 7) is 3.93. The average molecular weight is 111 g/mol. The van der Waals surface area contributed by atoms with Crippen molar-refractivity contribution in [2.24, 2.45) is 0 Å². The largest absolute Gasteiger partial charge is 0.306 e. The summed E-state index contributed by atoms with van der Waals surface area (Å²) in [6.07, 6.45) is 7.46. The van der Waals surface area contributed by atoms with Crippen LogP contribution in [-0.4, -0.2) is 13.1 Å². The van der Waals surface area contributed by atoms with Gasteiger partial charge in [-0.15, -0.1) is 6.42 Å². The van der Waals surface area contributed by atoms with Crippen molar-refractivity contribution in [3.8, 4) is 12.3 Å². The number of hydrogen-bond donors (Lipinski definition) is 1. The van der Waals surface area contributed by atoms with Crippen LogP contribution in [0, 0.1) is 12.3 Å². The Balaban J connectivity index is 2.65. The van der Waals surface area contributed by atoms with E-state index in [1.165, 1.54) is 12.8 Å². The van der Waals surface area contributed by atoms with Gasteiger partial charge in [0.15, 0.2) is 0 Å². The second kappa shape index (κ2) is 6.52. The molecule has 0 saturated heterocycles. The number of rotatable bonds is 4. The molecule has 0 heterocycles. The third-order valence-electron chi connectivity index (χ3n) is 0.934. The van der Waals surface area contributed by atoms with Crippen LogP contribution in [-0.2, 0) is 0 Å². The molecule has 46 valence electrons. The minimum absolute atomic E-state index is 0.708. The summed E-state index contributed by atoms with van der Waals surface area (Å²) in [5.41, 5.74) is 0. The first-order valence-corrected chi connectivity index (χ1v) is 3.06. The van der Waals surface area contributed by atoms with Gasteiger partial charge in [0.25, 0.3) is 0 Å². The Hall–Kier alpha value is -0.480. The fourth-order valence-electron chi connectivity index (χ4n) is 0.462. The number of nitrogens with one attached hydrogen (secondary N) is 1. The van der Waals surface area contributed by atoms with Crippen LogP contribution in [0.15, 0.2) is 0 Å². The highest BCUT2D eigenvalue weighted by molar-refractivity contribution is 4.86. The molecule has 0 saturated carbocycles. The second-order valence-corrected chi connectivity index (χ2v) is 1.73. The summed E-state index contributed by atoms with van der Waals surface area (Å²) in [7, 11) is 0. The van der Waals surface area contributed by atoms with Crippen molar-refractivity contribution in [1.82, 2.24) is 5.32 Å². The Bertz CT molecular complexity index is 70.9. The van der Waals surface area contributed by atoms with Crippen LogP contribution in [0.1, 0.15) is 19.8 Å². The van der Waals surface area contributed by atoms with Crippen LogP contribution in [0.2, 0.25) is 0 Å². The van der Waals surface area contributed by atoms with E-state index in [-0.39, 0.29) is 0 Å². The summed E-state index contributed by atoms with van der Waals surface area (Å²) in [5, 5.41) is 3.10. The van der Waals surface area contributed by atoms with Gasteiger partial charge in [-0.1, -0.05) is 19.3 Å². The summed E-state index contributed by atoms with van der Waals surface area (Å²) < 4.78 is 0. The summed E-state index contributed by atoms with van der Waals surface area (Å²) in [5.74, 6) is 2.52. The minimum Gasteiger partial charge on any atom is -0.306 e. The molecule has 0 aliphatic rings. The number of hydrogen-bond acceptors (Lipinski definition) is 1. The molecule has 0 atom stereocenters. The van der Waals surface area contributed by atoms with Crippen molar-refractivity contribution in [2.75, 3.05) is 13.1 Å². The molecule has 0 aliphatic carbocycles. The van der Waals surface area contributed by atoms with E-state index in [0.29, 0.717) is 6.54 Å². The lowest BCUT2D eigenvalue weighted by atomic mass is 10.3. The summed E-state index contributed by atoms with van der Waals surface area (Å²) in [6, 6.07) is 0. The molecule has 0 amide bonds. The molecule has 0 aliphatic heterocycles. The van der Waals surface area contributed by atoms with Crippen LogP contribution in [0.4, 0.5) is 0 Å². The Labute approximate surface area is 51.5 Å². The summed E-state index contributed by atoms with van der Waals surface area (Å²) in [4.78, 5) is 0. The highest BCUT2D eigenvalue weighted by Crippen LogP contribution is 1.80. The normalized spacial score (nSPS) is 8.50. The van der Waals surface area contributed by atoms with Crippen LogP contribution in [0.5, 0.6) is 0 Å². The van der Waals surface area contributed by atoms with E-state index in [1.807, 2.05) is 0 Å². The predicted octanol–water partition coefficient (Wildman–Crippen LogP) is 1.01. The van der Waals surface area contributed by atoms with Gasteiger partial charge >= 0.3 is 0 Å². The molecule has 1 nitrogen and oxygen atoms in total. The standard InChI is InChI=1S/C7H13N/c1-3-5-7-8-6-4-2/h2,8H,3,5-7H2,1H3. The second-order valence-electron chi connectivity index (χ2n) is 1.73. The molecule has 0 bridgehead atoms. The van der Waals surface area contributed by atoms with Gasteiger partial charge in [0.05, 0.1) is 6.54 Å². The molecule has 0 fully saturated rings. The lowest BCUT2D eigenvalue weighted by Crippen LogP contribution is -2.14. The minimum atomic E-state index is 0.708. The first-order chi connectivity index (χ1) is 3.91. The molecule has 8 heavy (non-hydrogen) atoms. The predicted molar refractivity (Wildman–Crippen MR) is 36.6 cm³/mol. The topological polar surface area (TPSA) is 12.0 Å². The van der Waals surface area contributed by atoms with Gasteiger partial charge in [-0.05, 0) is 13.0 Å². The molecule has 1 N–H and O–H groups in total. The molecule has 0 radical (unpaired) electrons. The van der Waals surface area contributed by atoms with Crippen molar-refractivity contribution >= 4 is 0 Å². The number of unbranched alkanes of at least 4 members (excludes halogenated alkanes) is 1. The van der Waals surface area contributed by atoms with Crippen LogP contribution in [0.25, 0.3) is 0 Å². The van der Waals surface area contributed by atoms with E-state index in [9.17, 15) is 0 Å². The molecule has 0 aromatic heterocycles. The van der Waals surface area contributed by atoms with Crippen LogP contribution < -0.4 is 5.32 Å². The fourth-order valence-corrected chi connectivity index (χ4v) is 0.462. The maximum atomic E-state index is 5.00. The highest BCUT2D eigenvalue weighted by Gasteiger charge is 1.78. The molecule has 0 aromatic carbocycles. The Morgan fingerprint density at radius 1 is 1.62 bits per heavy atom. The van der Waals surface area contributed by atoms with E-state index < -0.39 is 0 Å². The maximum absolute atomic E-state index is 5.00. The first kappa shape index (κ1) is 7.52. The zero-order chi connectivity index (χ0) is 6.24.